The summed E-state index contributed by atoms with van der Waals surface area (Å²) in [5, 5.41) is 2.59. The van der Waals surface area contributed by atoms with Crippen molar-refractivity contribution in [1.29, 1.82) is 0 Å². The van der Waals surface area contributed by atoms with E-state index in [2.05, 4.69) is 5.32 Å². The Hall–Kier alpha value is -1.80. The number of amides is 2. The summed E-state index contributed by atoms with van der Waals surface area (Å²) in [7, 11) is 0. The lowest BCUT2D eigenvalue weighted by molar-refractivity contribution is -0.138. The molecule has 2 aliphatic rings. The van der Waals surface area contributed by atoms with Crippen LogP contribution in [0.2, 0.25) is 0 Å². The Morgan fingerprint density at radius 3 is 2.79 bits per heavy atom. The third-order valence-electron chi connectivity index (χ3n) is 4.48. The minimum absolute atomic E-state index is 0.00511. The fourth-order valence-corrected chi connectivity index (χ4v) is 3.12. The second-order valence-corrected chi connectivity index (χ2v) is 6.16. The summed E-state index contributed by atoms with van der Waals surface area (Å²) in [6, 6.07) is 3.34. The van der Waals surface area contributed by atoms with Gasteiger partial charge in [0.1, 0.15) is 5.60 Å². The van der Waals surface area contributed by atoms with E-state index < -0.39 is 23.4 Å². The maximum atomic E-state index is 13.0. The van der Waals surface area contributed by atoms with Gasteiger partial charge in [-0.2, -0.15) is 13.2 Å². The number of halogens is 3. The van der Waals surface area contributed by atoms with Gasteiger partial charge < -0.3 is 19.7 Å². The summed E-state index contributed by atoms with van der Waals surface area (Å²) in [4.78, 5) is 14.0. The highest BCUT2D eigenvalue weighted by molar-refractivity contribution is 5.90. The first-order valence-electron chi connectivity index (χ1n) is 7.75. The second kappa shape index (κ2) is 6.25. The van der Waals surface area contributed by atoms with Crippen LogP contribution in [-0.2, 0) is 15.7 Å². The Labute approximate surface area is 137 Å². The van der Waals surface area contributed by atoms with E-state index in [0.29, 0.717) is 39.3 Å². The van der Waals surface area contributed by atoms with Crippen molar-refractivity contribution >= 4 is 11.7 Å². The van der Waals surface area contributed by atoms with E-state index in [9.17, 15) is 18.0 Å². The van der Waals surface area contributed by atoms with Crippen LogP contribution in [0, 0.1) is 6.92 Å². The Balaban J connectivity index is 1.73. The number of carbonyl (C=O) groups is 1. The van der Waals surface area contributed by atoms with Gasteiger partial charge in [0.15, 0.2) is 0 Å². The van der Waals surface area contributed by atoms with Crippen molar-refractivity contribution in [3.8, 4) is 0 Å². The monoisotopic (exact) mass is 344 g/mol. The van der Waals surface area contributed by atoms with E-state index in [1.165, 1.54) is 19.1 Å². The molecule has 8 heteroatoms. The van der Waals surface area contributed by atoms with Gasteiger partial charge in [-0.3, -0.25) is 0 Å². The first-order valence-corrected chi connectivity index (χ1v) is 7.75. The number of rotatable bonds is 1. The SMILES string of the molecule is Cc1c(NC(=O)N2CCO[C@@]3(CCOC3)C2)cccc1C(F)(F)F. The minimum atomic E-state index is -4.45. The molecule has 0 unspecified atom stereocenters. The predicted octanol–water partition coefficient (Wildman–Crippen LogP) is 3.04. The zero-order chi connectivity index (χ0) is 17.4. The fourth-order valence-electron chi connectivity index (χ4n) is 3.12. The van der Waals surface area contributed by atoms with E-state index >= 15 is 0 Å². The van der Waals surface area contributed by atoms with Crippen molar-refractivity contribution in [2.75, 3.05) is 38.2 Å². The maximum absolute atomic E-state index is 13.0. The minimum Gasteiger partial charge on any atom is -0.378 e. The van der Waals surface area contributed by atoms with Crippen LogP contribution in [0.15, 0.2) is 18.2 Å². The molecule has 0 bridgehead atoms. The molecule has 2 heterocycles. The van der Waals surface area contributed by atoms with Gasteiger partial charge in [0, 0.05) is 25.3 Å². The van der Waals surface area contributed by atoms with E-state index in [4.69, 9.17) is 9.47 Å². The molecule has 5 nitrogen and oxygen atoms in total. The lowest BCUT2D eigenvalue weighted by atomic mass is 10.0. The summed E-state index contributed by atoms with van der Waals surface area (Å²) in [6.45, 7) is 3.52. The third kappa shape index (κ3) is 3.34. The highest BCUT2D eigenvalue weighted by Gasteiger charge is 2.42. The Kier molecular flexibility index (Phi) is 4.44. The van der Waals surface area contributed by atoms with Gasteiger partial charge in [0.2, 0.25) is 0 Å². The second-order valence-electron chi connectivity index (χ2n) is 6.16. The van der Waals surface area contributed by atoms with Crippen LogP contribution in [0.1, 0.15) is 17.5 Å². The van der Waals surface area contributed by atoms with Crippen molar-refractivity contribution in [2.24, 2.45) is 0 Å². The van der Waals surface area contributed by atoms with Gasteiger partial charge in [-0.25, -0.2) is 4.79 Å². The molecule has 2 saturated heterocycles. The number of anilines is 1. The van der Waals surface area contributed by atoms with E-state index in [1.807, 2.05) is 0 Å². The molecule has 0 saturated carbocycles. The summed E-state index contributed by atoms with van der Waals surface area (Å²) in [5.74, 6) is 0. The van der Waals surface area contributed by atoms with Gasteiger partial charge >= 0.3 is 12.2 Å². The Bertz CT molecular complexity index is 627. The van der Waals surface area contributed by atoms with Crippen LogP contribution in [0.25, 0.3) is 0 Å². The summed E-state index contributed by atoms with van der Waals surface area (Å²) in [5.41, 5.74) is -1.06. The first kappa shape index (κ1) is 17.0. The van der Waals surface area contributed by atoms with Crippen LogP contribution < -0.4 is 5.32 Å². The van der Waals surface area contributed by atoms with Crippen LogP contribution in [0.4, 0.5) is 23.7 Å². The largest absolute Gasteiger partial charge is 0.416 e. The van der Waals surface area contributed by atoms with Crippen molar-refractivity contribution in [2.45, 2.75) is 25.1 Å². The molecular weight excluding hydrogens is 325 g/mol. The predicted molar refractivity (Wildman–Crippen MR) is 80.9 cm³/mol. The molecule has 2 fully saturated rings. The van der Waals surface area contributed by atoms with Gasteiger partial charge in [-0.1, -0.05) is 6.07 Å². The molecule has 2 aliphatic heterocycles. The number of morpholine rings is 1. The number of nitrogens with one attached hydrogen (secondary N) is 1. The molecule has 132 valence electrons. The maximum Gasteiger partial charge on any atom is 0.416 e. The van der Waals surface area contributed by atoms with Gasteiger partial charge in [0.05, 0.1) is 25.3 Å². The third-order valence-corrected chi connectivity index (χ3v) is 4.48. The normalized spacial score (nSPS) is 24.4. The van der Waals surface area contributed by atoms with Crippen molar-refractivity contribution in [3.63, 3.8) is 0 Å². The quantitative estimate of drug-likeness (QED) is 0.852. The topological polar surface area (TPSA) is 50.8 Å². The summed E-state index contributed by atoms with van der Waals surface area (Å²) in [6.07, 6.45) is -3.74. The summed E-state index contributed by atoms with van der Waals surface area (Å²) >= 11 is 0. The van der Waals surface area contributed by atoms with Gasteiger partial charge in [0.25, 0.3) is 0 Å². The number of benzene rings is 1. The smallest absolute Gasteiger partial charge is 0.378 e. The number of nitrogens with zero attached hydrogens (tertiary/aromatic N) is 1. The lowest BCUT2D eigenvalue weighted by Gasteiger charge is -2.39. The molecule has 1 atom stereocenters. The average molecular weight is 344 g/mol. The number of ether oxygens (including phenoxy) is 2. The van der Waals surface area contributed by atoms with Crippen LogP contribution in [0.5, 0.6) is 0 Å². The molecular formula is C16H19F3N2O3. The molecule has 0 aliphatic carbocycles. The molecule has 1 N–H and O–H groups in total. The summed E-state index contributed by atoms with van der Waals surface area (Å²) < 4.78 is 50.0. The number of urea groups is 1. The van der Waals surface area contributed by atoms with E-state index in [0.717, 1.165) is 6.07 Å². The standard InChI is InChI=1S/C16H19F3N2O3/c1-11-12(16(17,18)19)3-2-4-13(11)20-14(22)21-6-8-24-15(9-21)5-7-23-10-15/h2-4H,5-10H2,1H3,(H,20,22)/t15-/m0/s1. The zero-order valence-corrected chi connectivity index (χ0v) is 13.3. The van der Waals surface area contributed by atoms with E-state index in [1.54, 1.807) is 4.90 Å². The van der Waals surface area contributed by atoms with Crippen LogP contribution in [-0.4, -0.2) is 49.4 Å². The lowest BCUT2D eigenvalue weighted by Crippen LogP contribution is -2.55. The highest BCUT2D eigenvalue weighted by atomic mass is 19.4. The van der Waals surface area contributed by atoms with Gasteiger partial charge in [-0.05, 0) is 24.6 Å². The Morgan fingerprint density at radius 2 is 2.12 bits per heavy atom. The van der Waals surface area contributed by atoms with Gasteiger partial charge in [-0.15, -0.1) is 0 Å². The Morgan fingerprint density at radius 1 is 1.33 bits per heavy atom. The highest BCUT2D eigenvalue weighted by Crippen LogP contribution is 2.35. The average Bonchev–Trinajstić information content (AvgIpc) is 2.96. The molecule has 1 aromatic carbocycles. The molecule has 0 aromatic heterocycles. The molecule has 24 heavy (non-hydrogen) atoms. The molecule has 0 radical (unpaired) electrons. The first-order chi connectivity index (χ1) is 11.3. The van der Waals surface area contributed by atoms with Crippen molar-refractivity contribution in [3.05, 3.63) is 29.3 Å². The molecule has 1 aromatic rings. The van der Waals surface area contributed by atoms with Crippen molar-refractivity contribution < 1.29 is 27.4 Å². The fraction of sp³-hybridized carbons (Fsp3) is 0.562. The molecule has 2 amide bonds. The number of hydrogen-bond donors (Lipinski definition) is 1. The zero-order valence-electron chi connectivity index (χ0n) is 13.3. The van der Waals surface area contributed by atoms with E-state index in [-0.39, 0.29) is 11.3 Å². The molecule has 3 rings (SSSR count). The number of hydrogen-bond acceptors (Lipinski definition) is 3. The van der Waals surface area contributed by atoms with Crippen LogP contribution in [0.3, 0.4) is 0 Å². The van der Waals surface area contributed by atoms with Crippen molar-refractivity contribution in [1.82, 2.24) is 4.90 Å². The number of carbonyl (C=O) groups excluding carboxylic acids is 1. The molecule has 1 spiro atoms. The van der Waals surface area contributed by atoms with Crippen LogP contribution >= 0.6 is 0 Å². The number of alkyl halides is 3.